The van der Waals surface area contributed by atoms with Crippen LogP contribution < -0.4 is 9.80 Å². The number of anilines is 6. The predicted octanol–water partition coefficient (Wildman–Crippen LogP) is 14.2. The van der Waals surface area contributed by atoms with Crippen LogP contribution in [0.4, 0.5) is 34.1 Å². The van der Waals surface area contributed by atoms with Gasteiger partial charge in [0.15, 0.2) is 0 Å². The summed E-state index contributed by atoms with van der Waals surface area (Å²) < 4.78 is 29.2. The van der Waals surface area contributed by atoms with E-state index in [-0.39, 0.29) is 0 Å². The molecule has 0 N–H and O–H groups in total. The number of aryl methyl sites for hydroxylation is 4. The fourth-order valence-corrected chi connectivity index (χ4v) is 11.9. The zero-order valence-electron chi connectivity index (χ0n) is 35.0. The van der Waals surface area contributed by atoms with Crippen molar-refractivity contribution in [2.75, 3.05) is 9.80 Å². The highest BCUT2D eigenvalue weighted by molar-refractivity contribution is 7.92. The van der Waals surface area contributed by atoms with Gasteiger partial charge in [0.2, 0.25) is 9.84 Å². The molecule has 3 aliphatic heterocycles. The molecule has 0 aliphatic carbocycles. The molecule has 8 aromatic rings. The van der Waals surface area contributed by atoms with Gasteiger partial charge in [-0.05, 0) is 169 Å². The number of fused-ring (bicyclic) bond motifs is 7. The van der Waals surface area contributed by atoms with Crippen molar-refractivity contribution < 1.29 is 8.42 Å². The van der Waals surface area contributed by atoms with Crippen molar-refractivity contribution in [2.45, 2.75) is 63.2 Å². The number of sulfone groups is 1. The zero-order chi connectivity index (χ0) is 41.6. The highest BCUT2D eigenvalue weighted by atomic mass is 32.2. The van der Waals surface area contributed by atoms with Crippen LogP contribution in [0.1, 0.15) is 44.5 Å². The second-order valence-electron chi connectivity index (χ2n) is 16.9. The summed E-state index contributed by atoms with van der Waals surface area (Å²) in [5.74, 6) is 0. The number of nitrogens with zero attached hydrogens (tertiary/aromatic N) is 2. The molecule has 8 aromatic carbocycles. The molecule has 298 valence electrons. The van der Waals surface area contributed by atoms with Crippen LogP contribution in [0.25, 0.3) is 33.4 Å². The first kappa shape index (κ1) is 37.3. The van der Waals surface area contributed by atoms with Crippen LogP contribution in [0.15, 0.2) is 168 Å². The quantitative estimate of drug-likeness (QED) is 0.178. The molecule has 0 aromatic heterocycles. The second-order valence-corrected chi connectivity index (χ2v) is 18.8. The largest absolute Gasteiger partial charge is 0.310 e. The van der Waals surface area contributed by atoms with Crippen LogP contribution in [-0.4, -0.2) is 8.42 Å². The van der Waals surface area contributed by atoms with E-state index in [4.69, 9.17) is 0 Å². The van der Waals surface area contributed by atoms with Crippen molar-refractivity contribution in [3.63, 3.8) is 0 Å². The van der Waals surface area contributed by atoms with Gasteiger partial charge in [0.25, 0.3) is 0 Å². The molecule has 11 rings (SSSR count). The van der Waals surface area contributed by atoms with Gasteiger partial charge in [-0.25, -0.2) is 8.42 Å². The molecule has 0 radical (unpaired) electrons. The van der Waals surface area contributed by atoms with E-state index in [1.807, 2.05) is 24.3 Å². The maximum Gasteiger partial charge on any atom is 0.207 e. The maximum atomic E-state index is 14.6. The van der Waals surface area contributed by atoms with Crippen molar-refractivity contribution >= 4 is 44.0 Å². The highest BCUT2D eigenvalue weighted by Crippen LogP contribution is 2.50. The SMILES string of the molecule is Cc1c(-c2ccc3c(c2)S(=O)(=O)c2cc(-c4ccc(N5c6ccccc6CCc6ccccc65)c(C)c4C)ccc2-3)ccc(N2c3ccccc3CCc3ccccc32)c1C. The lowest BCUT2D eigenvalue weighted by Crippen LogP contribution is -2.13. The summed E-state index contributed by atoms with van der Waals surface area (Å²) in [5, 5.41) is 0. The molecular formula is C56H46N2O2S. The smallest absolute Gasteiger partial charge is 0.207 e. The summed E-state index contributed by atoms with van der Waals surface area (Å²) >= 11 is 0. The van der Waals surface area contributed by atoms with E-state index in [2.05, 4.69) is 171 Å². The number of rotatable bonds is 4. The molecule has 5 heteroatoms. The van der Waals surface area contributed by atoms with Gasteiger partial charge in [-0.1, -0.05) is 109 Å². The first-order valence-corrected chi connectivity index (χ1v) is 22.8. The van der Waals surface area contributed by atoms with Gasteiger partial charge in [-0.15, -0.1) is 0 Å². The monoisotopic (exact) mass is 810 g/mol. The summed E-state index contributed by atoms with van der Waals surface area (Å²) in [5.41, 5.74) is 22.4. The molecule has 3 aliphatic rings. The third-order valence-corrected chi connectivity index (χ3v) is 15.5. The van der Waals surface area contributed by atoms with E-state index in [9.17, 15) is 8.42 Å². The lowest BCUT2D eigenvalue weighted by atomic mass is 9.92. The predicted molar refractivity (Wildman–Crippen MR) is 251 cm³/mol. The van der Waals surface area contributed by atoms with Crippen LogP contribution in [-0.2, 0) is 35.5 Å². The van der Waals surface area contributed by atoms with E-state index in [1.165, 1.54) is 56.1 Å². The standard InChI is InChI=1S/C56H46N2O2S/c1-35-37(3)49(57-51-17-9-5-13-39(51)21-22-40-14-6-10-18-52(40)57)31-29-45(35)43-25-27-47-48-28-26-44(34-56(48)61(59,60)55(47)33-43)46-30-32-50(38(4)36(46)2)58-53-19-11-7-15-41(53)23-24-42-16-8-12-20-54(42)58/h5-20,25-34H,21-24H2,1-4H3. The minimum atomic E-state index is -3.78. The Morgan fingerprint density at radius 2 is 0.656 bits per heavy atom. The average Bonchev–Trinajstić information content (AvgIpc) is 3.40. The van der Waals surface area contributed by atoms with Gasteiger partial charge in [0.05, 0.1) is 9.79 Å². The van der Waals surface area contributed by atoms with Crippen molar-refractivity contribution in [3.05, 3.63) is 202 Å². The van der Waals surface area contributed by atoms with Crippen LogP contribution in [0.2, 0.25) is 0 Å². The van der Waals surface area contributed by atoms with E-state index >= 15 is 0 Å². The molecule has 0 saturated heterocycles. The van der Waals surface area contributed by atoms with Crippen molar-refractivity contribution in [1.29, 1.82) is 0 Å². The summed E-state index contributed by atoms with van der Waals surface area (Å²) in [4.78, 5) is 5.56. The minimum absolute atomic E-state index is 0.371. The Morgan fingerprint density at radius 1 is 0.344 bits per heavy atom. The molecule has 0 spiro atoms. The normalized spacial score (nSPS) is 14.5. The Balaban J connectivity index is 0.949. The van der Waals surface area contributed by atoms with Crippen LogP contribution in [0, 0.1) is 27.7 Å². The highest BCUT2D eigenvalue weighted by Gasteiger charge is 2.34. The van der Waals surface area contributed by atoms with E-state index < -0.39 is 9.84 Å². The van der Waals surface area contributed by atoms with Crippen LogP contribution in [0.3, 0.4) is 0 Å². The summed E-state index contributed by atoms with van der Waals surface area (Å²) in [6.07, 6.45) is 3.95. The molecule has 0 atom stereocenters. The van der Waals surface area contributed by atoms with E-state index in [0.29, 0.717) is 9.79 Å². The molecule has 4 nitrogen and oxygen atoms in total. The molecule has 0 bridgehead atoms. The fraction of sp³-hybridized carbons (Fsp3) is 0.143. The van der Waals surface area contributed by atoms with Crippen molar-refractivity contribution in [1.82, 2.24) is 0 Å². The number of hydrogen-bond acceptors (Lipinski definition) is 4. The van der Waals surface area contributed by atoms with E-state index in [0.717, 1.165) is 81.6 Å². The Kier molecular flexibility index (Phi) is 8.70. The summed E-state index contributed by atoms with van der Waals surface area (Å²) in [6, 6.07) is 55.6. The molecule has 3 heterocycles. The van der Waals surface area contributed by atoms with Gasteiger partial charge in [0, 0.05) is 45.3 Å². The Bertz CT molecular complexity index is 2930. The lowest BCUT2D eigenvalue weighted by Gasteiger charge is -2.30. The fourth-order valence-electron chi connectivity index (χ4n) is 10.2. The van der Waals surface area contributed by atoms with Gasteiger partial charge >= 0.3 is 0 Å². The van der Waals surface area contributed by atoms with E-state index in [1.54, 1.807) is 0 Å². The average molecular weight is 811 g/mol. The van der Waals surface area contributed by atoms with Crippen molar-refractivity contribution in [3.8, 4) is 33.4 Å². The first-order chi connectivity index (χ1) is 29.7. The van der Waals surface area contributed by atoms with Gasteiger partial charge in [-0.3, -0.25) is 0 Å². The summed E-state index contributed by atoms with van der Waals surface area (Å²) in [7, 11) is -3.78. The number of hydrogen-bond donors (Lipinski definition) is 0. The summed E-state index contributed by atoms with van der Waals surface area (Å²) in [6.45, 7) is 8.69. The van der Waals surface area contributed by atoms with Crippen LogP contribution >= 0.6 is 0 Å². The topological polar surface area (TPSA) is 40.6 Å². The van der Waals surface area contributed by atoms with Gasteiger partial charge in [-0.2, -0.15) is 0 Å². The molecular weight excluding hydrogens is 765 g/mol. The number of para-hydroxylation sites is 4. The van der Waals surface area contributed by atoms with Crippen molar-refractivity contribution in [2.24, 2.45) is 0 Å². The third-order valence-electron chi connectivity index (χ3n) is 13.7. The van der Waals surface area contributed by atoms with Gasteiger partial charge in [0.1, 0.15) is 0 Å². The first-order valence-electron chi connectivity index (χ1n) is 21.4. The zero-order valence-corrected chi connectivity index (χ0v) is 35.8. The van der Waals surface area contributed by atoms with Gasteiger partial charge < -0.3 is 9.80 Å². The Hall–Kier alpha value is -6.69. The molecule has 0 unspecified atom stereocenters. The molecule has 61 heavy (non-hydrogen) atoms. The maximum absolute atomic E-state index is 14.6. The third kappa shape index (κ3) is 5.82. The molecule has 0 amide bonds. The Morgan fingerprint density at radius 3 is 1.00 bits per heavy atom. The van der Waals surface area contributed by atoms with Crippen LogP contribution in [0.5, 0.6) is 0 Å². The Labute approximate surface area is 359 Å². The lowest BCUT2D eigenvalue weighted by molar-refractivity contribution is 0.598. The molecule has 0 saturated carbocycles. The number of benzene rings is 8. The molecule has 0 fully saturated rings. The minimum Gasteiger partial charge on any atom is -0.310 e. The second kappa shape index (κ2) is 14.2.